The van der Waals surface area contributed by atoms with Crippen LogP contribution < -0.4 is 0 Å². The second-order valence-electron chi connectivity index (χ2n) is 2.87. The van der Waals surface area contributed by atoms with Gasteiger partial charge in [0.25, 0.3) is 0 Å². The highest BCUT2D eigenvalue weighted by Crippen LogP contribution is 2.33. The quantitative estimate of drug-likeness (QED) is 0.759. The average Bonchev–Trinajstić information content (AvgIpc) is 2.06. The van der Waals surface area contributed by atoms with Crippen molar-refractivity contribution in [2.45, 2.75) is 23.5 Å². The molecule has 2 nitrogen and oxygen atoms in total. The summed E-state index contributed by atoms with van der Waals surface area (Å²) in [5.41, 5.74) is 0. The maximum Gasteiger partial charge on any atom is 0.0792 e. The van der Waals surface area contributed by atoms with E-state index in [2.05, 4.69) is 0 Å². The summed E-state index contributed by atoms with van der Waals surface area (Å²) in [7, 11) is 1.63. The molecule has 1 saturated heterocycles. The minimum atomic E-state index is -0.280. The Morgan fingerprint density at radius 1 is 1.50 bits per heavy atom. The molecule has 0 amide bonds. The molecule has 0 radical (unpaired) electrons. The minimum Gasteiger partial charge on any atom is -0.391 e. The Balaban J connectivity index is 2.11. The van der Waals surface area contributed by atoms with Crippen molar-refractivity contribution in [3.63, 3.8) is 0 Å². The van der Waals surface area contributed by atoms with Crippen LogP contribution in [0.4, 0.5) is 0 Å². The van der Waals surface area contributed by atoms with Crippen molar-refractivity contribution in [1.29, 1.82) is 0 Å². The van der Waals surface area contributed by atoms with Crippen molar-refractivity contribution >= 4 is 23.5 Å². The summed E-state index contributed by atoms with van der Waals surface area (Å²) in [4.78, 5) is 0. The summed E-state index contributed by atoms with van der Waals surface area (Å²) in [5, 5.41) is 9.45. The van der Waals surface area contributed by atoms with Gasteiger partial charge in [0.15, 0.2) is 0 Å². The van der Waals surface area contributed by atoms with Gasteiger partial charge in [-0.1, -0.05) is 0 Å². The molecule has 0 aromatic rings. The van der Waals surface area contributed by atoms with Gasteiger partial charge < -0.3 is 9.84 Å². The van der Waals surface area contributed by atoms with Crippen LogP contribution in [0.25, 0.3) is 0 Å². The molecule has 1 aliphatic rings. The van der Waals surface area contributed by atoms with Crippen molar-refractivity contribution < 1.29 is 9.84 Å². The third kappa shape index (κ3) is 4.03. The first kappa shape index (κ1) is 10.7. The number of methoxy groups -OCH3 is 1. The van der Waals surface area contributed by atoms with Crippen LogP contribution in [0.15, 0.2) is 0 Å². The molecule has 0 aliphatic carbocycles. The number of thioether (sulfide) groups is 2. The Morgan fingerprint density at radius 3 is 2.75 bits per heavy atom. The first-order valence-electron chi connectivity index (χ1n) is 4.23. The number of ether oxygens (including phenoxy) is 1. The zero-order chi connectivity index (χ0) is 8.81. The molecule has 1 rings (SSSR count). The van der Waals surface area contributed by atoms with Crippen LogP contribution in [0.5, 0.6) is 0 Å². The van der Waals surface area contributed by atoms with E-state index in [1.807, 2.05) is 23.5 Å². The SMILES string of the molecule is COCC(O)CC1SCCCS1. The van der Waals surface area contributed by atoms with Gasteiger partial charge in [0, 0.05) is 7.11 Å². The number of hydrogen-bond donors (Lipinski definition) is 1. The van der Waals surface area contributed by atoms with Crippen molar-refractivity contribution in [3.05, 3.63) is 0 Å². The summed E-state index contributed by atoms with van der Waals surface area (Å²) in [6.45, 7) is 0.470. The number of aliphatic hydroxyl groups excluding tert-OH is 1. The lowest BCUT2D eigenvalue weighted by molar-refractivity contribution is 0.0620. The van der Waals surface area contributed by atoms with Gasteiger partial charge in [-0.05, 0) is 24.3 Å². The van der Waals surface area contributed by atoms with Crippen molar-refractivity contribution in [2.75, 3.05) is 25.2 Å². The van der Waals surface area contributed by atoms with Crippen LogP contribution in [0.3, 0.4) is 0 Å². The van der Waals surface area contributed by atoms with Gasteiger partial charge in [-0.15, -0.1) is 23.5 Å². The van der Waals surface area contributed by atoms with Gasteiger partial charge in [-0.25, -0.2) is 0 Å². The summed E-state index contributed by atoms with van der Waals surface area (Å²) in [5.74, 6) is 2.49. The van der Waals surface area contributed by atoms with Gasteiger partial charge in [0.05, 0.1) is 17.3 Å². The zero-order valence-electron chi connectivity index (χ0n) is 7.36. The Hall–Kier alpha value is 0.620. The Morgan fingerprint density at radius 2 is 2.17 bits per heavy atom. The van der Waals surface area contributed by atoms with E-state index in [4.69, 9.17) is 4.74 Å². The molecule has 1 fully saturated rings. The number of rotatable bonds is 4. The molecule has 72 valence electrons. The number of hydrogen-bond acceptors (Lipinski definition) is 4. The van der Waals surface area contributed by atoms with Crippen LogP contribution in [0, 0.1) is 0 Å². The topological polar surface area (TPSA) is 29.5 Å². The van der Waals surface area contributed by atoms with Gasteiger partial charge in [0.2, 0.25) is 0 Å². The molecular formula is C8H16O2S2. The van der Waals surface area contributed by atoms with Crippen LogP contribution in [-0.4, -0.2) is 41.0 Å². The predicted molar refractivity (Wildman–Crippen MR) is 55.8 cm³/mol. The highest BCUT2D eigenvalue weighted by molar-refractivity contribution is 8.17. The van der Waals surface area contributed by atoms with Crippen LogP contribution in [0.1, 0.15) is 12.8 Å². The smallest absolute Gasteiger partial charge is 0.0792 e. The molecule has 0 aromatic heterocycles. The molecule has 0 spiro atoms. The molecule has 0 aromatic carbocycles. The van der Waals surface area contributed by atoms with E-state index in [1.54, 1.807) is 7.11 Å². The fraction of sp³-hybridized carbons (Fsp3) is 1.00. The zero-order valence-corrected chi connectivity index (χ0v) is 9.00. The van der Waals surface area contributed by atoms with Crippen LogP contribution >= 0.6 is 23.5 Å². The third-order valence-corrected chi connectivity index (χ3v) is 4.71. The second-order valence-corrected chi connectivity index (χ2v) is 5.79. The molecule has 1 atom stereocenters. The van der Waals surface area contributed by atoms with E-state index in [-0.39, 0.29) is 6.10 Å². The van der Waals surface area contributed by atoms with E-state index >= 15 is 0 Å². The molecule has 1 heterocycles. The summed E-state index contributed by atoms with van der Waals surface area (Å²) >= 11 is 3.93. The van der Waals surface area contributed by atoms with Crippen LogP contribution in [0.2, 0.25) is 0 Å². The van der Waals surface area contributed by atoms with E-state index in [9.17, 15) is 5.11 Å². The largest absolute Gasteiger partial charge is 0.391 e. The molecule has 1 unspecified atom stereocenters. The standard InChI is InChI=1S/C8H16O2S2/c1-10-6-7(9)5-8-11-3-2-4-12-8/h7-9H,2-6H2,1H3. The molecule has 12 heavy (non-hydrogen) atoms. The minimum absolute atomic E-state index is 0.280. The number of aliphatic hydroxyl groups is 1. The maximum absolute atomic E-state index is 9.45. The summed E-state index contributed by atoms with van der Waals surface area (Å²) in [6.07, 6.45) is 1.90. The van der Waals surface area contributed by atoms with Crippen LogP contribution in [-0.2, 0) is 4.74 Å². The lowest BCUT2D eigenvalue weighted by Crippen LogP contribution is -2.20. The molecule has 0 bridgehead atoms. The normalized spacial score (nSPS) is 22.5. The van der Waals surface area contributed by atoms with E-state index in [1.165, 1.54) is 17.9 Å². The Labute approximate surface area is 82.4 Å². The lowest BCUT2D eigenvalue weighted by atomic mass is 10.3. The molecule has 0 saturated carbocycles. The fourth-order valence-electron chi connectivity index (χ4n) is 1.16. The van der Waals surface area contributed by atoms with E-state index in [0.717, 1.165) is 6.42 Å². The van der Waals surface area contributed by atoms with Gasteiger partial charge in [-0.3, -0.25) is 0 Å². The van der Waals surface area contributed by atoms with Gasteiger partial charge in [0.1, 0.15) is 0 Å². The van der Waals surface area contributed by atoms with Crippen molar-refractivity contribution in [2.24, 2.45) is 0 Å². The molecule has 4 heteroatoms. The highest BCUT2D eigenvalue weighted by Gasteiger charge is 2.17. The van der Waals surface area contributed by atoms with E-state index < -0.39 is 0 Å². The molecule has 1 aliphatic heterocycles. The van der Waals surface area contributed by atoms with E-state index in [0.29, 0.717) is 11.2 Å². The van der Waals surface area contributed by atoms with Crippen molar-refractivity contribution in [1.82, 2.24) is 0 Å². The highest BCUT2D eigenvalue weighted by atomic mass is 32.2. The lowest BCUT2D eigenvalue weighted by Gasteiger charge is -2.22. The maximum atomic E-state index is 9.45. The monoisotopic (exact) mass is 208 g/mol. The second kappa shape index (κ2) is 6.13. The van der Waals surface area contributed by atoms with Gasteiger partial charge >= 0.3 is 0 Å². The van der Waals surface area contributed by atoms with Gasteiger partial charge in [-0.2, -0.15) is 0 Å². The summed E-state index contributed by atoms with van der Waals surface area (Å²) in [6, 6.07) is 0. The predicted octanol–water partition coefficient (Wildman–Crippen LogP) is 1.58. The fourth-order valence-corrected chi connectivity index (χ4v) is 4.16. The Kier molecular flexibility index (Phi) is 5.47. The van der Waals surface area contributed by atoms with Crippen molar-refractivity contribution in [3.8, 4) is 0 Å². The first-order chi connectivity index (χ1) is 5.83. The summed E-state index contributed by atoms with van der Waals surface area (Å²) < 4.78 is 5.46. The Bertz CT molecular complexity index is 116. The third-order valence-electron chi connectivity index (χ3n) is 1.72. The first-order valence-corrected chi connectivity index (χ1v) is 6.33. The molecule has 1 N–H and O–H groups in total. The average molecular weight is 208 g/mol. The molecular weight excluding hydrogens is 192 g/mol.